The van der Waals surface area contributed by atoms with Crippen LogP contribution in [-0.2, 0) is 12.7 Å². The van der Waals surface area contributed by atoms with Gasteiger partial charge in [-0.2, -0.15) is 18.3 Å². The van der Waals surface area contributed by atoms with Crippen LogP contribution in [0.5, 0.6) is 0 Å². The van der Waals surface area contributed by atoms with Crippen molar-refractivity contribution in [3.63, 3.8) is 0 Å². The average Bonchev–Trinajstić information content (AvgIpc) is 2.74. The van der Waals surface area contributed by atoms with Crippen molar-refractivity contribution in [3.05, 3.63) is 28.8 Å². The number of nitrogens with one attached hydrogen (secondary N) is 1. The molecule has 0 aliphatic heterocycles. The fourth-order valence-electron chi connectivity index (χ4n) is 1.54. The van der Waals surface area contributed by atoms with Crippen molar-refractivity contribution in [2.75, 3.05) is 0 Å². The normalized spacial score (nSPS) is 11.8. The van der Waals surface area contributed by atoms with Gasteiger partial charge in [0.15, 0.2) is 4.77 Å². The molecule has 2 aromatic heterocycles. The Morgan fingerprint density at radius 2 is 2.17 bits per heavy atom. The number of hydrogen-bond acceptors (Lipinski definition) is 3. The highest BCUT2D eigenvalue weighted by Crippen LogP contribution is 2.29. The molecule has 0 saturated heterocycles. The topological polar surface area (TPSA) is 46.5 Å². The molecule has 8 heteroatoms. The van der Waals surface area contributed by atoms with E-state index in [4.69, 9.17) is 12.2 Å². The first-order valence-corrected chi connectivity index (χ1v) is 5.53. The van der Waals surface area contributed by atoms with Gasteiger partial charge >= 0.3 is 6.18 Å². The standard InChI is InChI=1S/C10H9F3N4S/c1-2-17-7(3-4-14-17)6-5-8(10(11,12)13)16-9(18)15-6/h3-5H,2H2,1H3,(H,15,16,18). The summed E-state index contributed by atoms with van der Waals surface area (Å²) in [5, 5.41) is 3.98. The fraction of sp³-hybridized carbons (Fsp3) is 0.300. The number of H-pyrrole nitrogens is 1. The summed E-state index contributed by atoms with van der Waals surface area (Å²) in [6.45, 7) is 2.38. The molecular formula is C10H9F3N4S. The molecule has 4 nitrogen and oxygen atoms in total. The van der Waals surface area contributed by atoms with Crippen LogP contribution in [0.2, 0.25) is 0 Å². The van der Waals surface area contributed by atoms with Gasteiger partial charge in [0.05, 0.1) is 11.4 Å². The summed E-state index contributed by atoms with van der Waals surface area (Å²) in [5.74, 6) is 0. The molecule has 0 aromatic carbocycles. The first-order chi connectivity index (χ1) is 8.41. The lowest BCUT2D eigenvalue weighted by molar-refractivity contribution is -0.141. The molecule has 2 heterocycles. The lowest BCUT2D eigenvalue weighted by Gasteiger charge is -2.09. The van der Waals surface area contributed by atoms with Gasteiger partial charge in [0.2, 0.25) is 0 Å². The number of aryl methyl sites for hydroxylation is 1. The molecule has 0 spiro atoms. The van der Waals surface area contributed by atoms with Crippen LogP contribution in [0.25, 0.3) is 11.4 Å². The van der Waals surface area contributed by atoms with Crippen molar-refractivity contribution < 1.29 is 13.2 Å². The zero-order chi connectivity index (χ0) is 13.3. The number of aromatic nitrogens is 4. The summed E-state index contributed by atoms with van der Waals surface area (Å²) in [5.41, 5.74) is -0.255. The monoisotopic (exact) mass is 274 g/mol. The van der Waals surface area contributed by atoms with Crippen LogP contribution in [0.3, 0.4) is 0 Å². The Morgan fingerprint density at radius 1 is 1.44 bits per heavy atom. The smallest absolute Gasteiger partial charge is 0.327 e. The predicted molar refractivity (Wildman–Crippen MR) is 61.3 cm³/mol. The molecule has 0 saturated carbocycles. The highest BCUT2D eigenvalue weighted by atomic mass is 32.1. The largest absolute Gasteiger partial charge is 0.431 e. The molecule has 18 heavy (non-hydrogen) atoms. The zero-order valence-electron chi connectivity index (χ0n) is 9.32. The van der Waals surface area contributed by atoms with E-state index in [2.05, 4.69) is 10.1 Å². The van der Waals surface area contributed by atoms with Crippen molar-refractivity contribution >= 4 is 12.2 Å². The highest BCUT2D eigenvalue weighted by molar-refractivity contribution is 7.71. The molecule has 0 aliphatic carbocycles. The van der Waals surface area contributed by atoms with Gasteiger partial charge in [-0.15, -0.1) is 0 Å². The van der Waals surface area contributed by atoms with Crippen LogP contribution in [0.15, 0.2) is 18.3 Å². The highest BCUT2D eigenvalue weighted by Gasteiger charge is 2.32. The maximum absolute atomic E-state index is 12.6. The van der Waals surface area contributed by atoms with E-state index in [-0.39, 0.29) is 10.5 Å². The third kappa shape index (κ3) is 2.42. The third-order valence-corrected chi connectivity index (χ3v) is 2.52. The van der Waals surface area contributed by atoms with E-state index in [1.54, 1.807) is 10.7 Å². The van der Waals surface area contributed by atoms with Crippen LogP contribution in [0.1, 0.15) is 12.6 Å². The Kier molecular flexibility index (Phi) is 3.20. The van der Waals surface area contributed by atoms with Crippen LogP contribution in [-0.4, -0.2) is 19.7 Å². The molecular weight excluding hydrogens is 265 g/mol. The molecule has 0 unspecified atom stereocenters. The summed E-state index contributed by atoms with van der Waals surface area (Å²) in [6, 6.07) is 2.53. The van der Waals surface area contributed by atoms with E-state index in [1.165, 1.54) is 6.20 Å². The number of alkyl halides is 3. The van der Waals surface area contributed by atoms with Gasteiger partial charge < -0.3 is 4.98 Å². The van der Waals surface area contributed by atoms with Gasteiger partial charge in [-0.1, -0.05) is 0 Å². The minimum atomic E-state index is -4.48. The molecule has 0 aliphatic rings. The maximum Gasteiger partial charge on any atom is 0.431 e. The van der Waals surface area contributed by atoms with E-state index < -0.39 is 11.9 Å². The van der Waals surface area contributed by atoms with Gasteiger partial charge in [-0.25, -0.2) is 4.98 Å². The quantitative estimate of drug-likeness (QED) is 0.856. The van der Waals surface area contributed by atoms with E-state index in [0.717, 1.165) is 6.07 Å². The average molecular weight is 274 g/mol. The molecule has 0 atom stereocenters. The lowest BCUT2D eigenvalue weighted by Crippen LogP contribution is -2.10. The fourth-order valence-corrected chi connectivity index (χ4v) is 1.75. The summed E-state index contributed by atoms with van der Waals surface area (Å²) in [6.07, 6.45) is -2.98. The van der Waals surface area contributed by atoms with Crippen LogP contribution in [0.4, 0.5) is 13.2 Å². The number of rotatable bonds is 2. The molecule has 0 bridgehead atoms. The van der Waals surface area contributed by atoms with Crippen LogP contribution >= 0.6 is 12.2 Å². The van der Waals surface area contributed by atoms with Crippen LogP contribution in [0, 0.1) is 4.77 Å². The molecule has 0 fully saturated rings. The SMILES string of the molecule is CCn1nccc1-c1cc(C(F)(F)F)[nH]c(=S)n1. The Bertz CT molecular complexity index is 614. The van der Waals surface area contributed by atoms with Gasteiger partial charge in [-0.3, -0.25) is 4.68 Å². The van der Waals surface area contributed by atoms with Crippen molar-refractivity contribution in [1.29, 1.82) is 0 Å². The molecule has 2 rings (SSSR count). The Hall–Kier alpha value is -1.70. The summed E-state index contributed by atoms with van der Waals surface area (Å²) < 4.78 is 39.3. The van der Waals surface area contributed by atoms with E-state index in [1.807, 2.05) is 11.9 Å². The zero-order valence-corrected chi connectivity index (χ0v) is 10.1. The number of nitrogens with zero attached hydrogens (tertiary/aromatic N) is 3. The van der Waals surface area contributed by atoms with Crippen molar-refractivity contribution in [2.24, 2.45) is 0 Å². The summed E-state index contributed by atoms with van der Waals surface area (Å²) >= 11 is 4.71. The van der Waals surface area contributed by atoms with Gasteiger partial charge in [0.25, 0.3) is 0 Å². The first kappa shape index (κ1) is 12.7. The van der Waals surface area contributed by atoms with Crippen LogP contribution < -0.4 is 0 Å². The van der Waals surface area contributed by atoms with E-state index >= 15 is 0 Å². The van der Waals surface area contributed by atoms with Crippen molar-refractivity contribution in [1.82, 2.24) is 19.7 Å². The van der Waals surface area contributed by atoms with Gasteiger partial charge in [-0.05, 0) is 31.3 Å². The third-order valence-electron chi connectivity index (χ3n) is 2.33. The summed E-state index contributed by atoms with van der Waals surface area (Å²) in [4.78, 5) is 5.93. The predicted octanol–water partition coefficient (Wildman–Crippen LogP) is 3.04. The number of aromatic amines is 1. The molecule has 0 amide bonds. The minimum absolute atomic E-state index is 0.158. The Morgan fingerprint density at radius 3 is 2.78 bits per heavy atom. The first-order valence-electron chi connectivity index (χ1n) is 5.12. The Balaban J connectivity index is 2.59. The second-order valence-corrected chi connectivity index (χ2v) is 3.90. The molecule has 2 aromatic rings. The minimum Gasteiger partial charge on any atom is -0.327 e. The van der Waals surface area contributed by atoms with Crippen molar-refractivity contribution in [3.8, 4) is 11.4 Å². The van der Waals surface area contributed by atoms with Crippen molar-refractivity contribution in [2.45, 2.75) is 19.6 Å². The number of hydrogen-bond donors (Lipinski definition) is 1. The lowest BCUT2D eigenvalue weighted by atomic mass is 10.2. The molecule has 0 radical (unpaired) electrons. The molecule has 96 valence electrons. The van der Waals surface area contributed by atoms with E-state index in [9.17, 15) is 13.2 Å². The van der Waals surface area contributed by atoms with E-state index in [0.29, 0.717) is 12.2 Å². The van der Waals surface area contributed by atoms with Gasteiger partial charge in [0.1, 0.15) is 5.69 Å². The van der Waals surface area contributed by atoms with Gasteiger partial charge in [0, 0.05) is 12.7 Å². The molecule has 1 N–H and O–H groups in total. The Labute approximate surface area is 105 Å². The maximum atomic E-state index is 12.6. The summed E-state index contributed by atoms with van der Waals surface area (Å²) in [7, 11) is 0. The second-order valence-electron chi connectivity index (χ2n) is 3.52. The number of halogens is 3. The second kappa shape index (κ2) is 4.52.